The molecule has 0 aliphatic heterocycles. The van der Waals surface area contributed by atoms with Gasteiger partial charge in [-0.1, -0.05) is 24.3 Å². The van der Waals surface area contributed by atoms with E-state index >= 15 is 0 Å². The predicted molar refractivity (Wildman–Crippen MR) is 74.7 cm³/mol. The molecular formula is C15H18N2O. The van der Waals surface area contributed by atoms with Gasteiger partial charge in [0.2, 0.25) is 0 Å². The molecule has 3 heteroatoms. The zero-order chi connectivity index (χ0) is 12.8. The zero-order valence-electron chi connectivity index (χ0n) is 10.5. The van der Waals surface area contributed by atoms with Gasteiger partial charge in [-0.15, -0.1) is 0 Å². The lowest BCUT2D eigenvalue weighted by Crippen LogP contribution is -2.00. The first-order valence-corrected chi connectivity index (χ1v) is 5.97. The Kier molecular flexibility index (Phi) is 4.20. The fraction of sp³-hybridized carbons (Fsp3) is 0.200. The molecule has 0 radical (unpaired) electrons. The third-order valence-electron chi connectivity index (χ3n) is 2.85. The summed E-state index contributed by atoms with van der Waals surface area (Å²) in [4.78, 5) is 0. The molecule has 0 fully saturated rings. The molecule has 0 aliphatic rings. The molecule has 0 saturated carbocycles. The molecule has 2 rings (SSSR count). The van der Waals surface area contributed by atoms with Gasteiger partial charge in [-0.05, 0) is 35.4 Å². The Morgan fingerprint density at radius 3 is 2.11 bits per heavy atom. The Bertz CT molecular complexity index is 429. The minimum atomic E-state index is 0.589. The third-order valence-corrected chi connectivity index (χ3v) is 2.85. The van der Waals surface area contributed by atoms with Crippen LogP contribution in [-0.4, -0.2) is 7.11 Å². The minimum absolute atomic E-state index is 0.589. The summed E-state index contributed by atoms with van der Waals surface area (Å²) in [7, 11) is 1.67. The molecule has 0 saturated heterocycles. The Morgan fingerprint density at radius 1 is 0.944 bits per heavy atom. The molecule has 0 atom stereocenters. The number of hydrogen-bond acceptors (Lipinski definition) is 3. The highest BCUT2D eigenvalue weighted by atomic mass is 16.5. The van der Waals surface area contributed by atoms with Gasteiger partial charge in [0.05, 0.1) is 7.11 Å². The van der Waals surface area contributed by atoms with E-state index in [1.165, 1.54) is 5.56 Å². The molecule has 2 aromatic rings. The molecule has 0 aliphatic carbocycles. The van der Waals surface area contributed by atoms with Crippen LogP contribution in [0.1, 0.15) is 11.1 Å². The number of nitrogens with two attached hydrogens (primary N) is 1. The number of anilines is 1. The van der Waals surface area contributed by atoms with E-state index in [1.807, 2.05) is 24.3 Å². The van der Waals surface area contributed by atoms with Crippen molar-refractivity contribution in [3.05, 3.63) is 59.7 Å². The molecule has 2 aromatic carbocycles. The first kappa shape index (κ1) is 12.5. The van der Waals surface area contributed by atoms with Crippen molar-refractivity contribution in [3.8, 4) is 5.75 Å². The number of benzene rings is 2. The van der Waals surface area contributed by atoms with E-state index in [1.54, 1.807) is 7.11 Å². The van der Waals surface area contributed by atoms with Crippen LogP contribution in [0.3, 0.4) is 0 Å². The summed E-state index contributed by atoms with van der Waals surface area (Å²) in [6, 6.07) is 16.2. The van der Waals surface area contributed by atoms with Gasteiger partial charge in [-0.25, -0.2) is 0 Å². The van der Waals surface area contributed by atoms with Crippen molar-refractivity contribution in [2.75, 3.05) is 12.4 Å². The largest absolute Gasteiger partial charge is 0.497 e. The van der Waals surface area contributed by atoms with Crippen molar-refractivity contribution in [3.63, 3.8) is 0 Å². The predicted octanol–water partition coefficient (Wildman–Crippen LogP) is 2.77. The lowest BCUT2D eigenvalue weighted by Gasteiger charge is -2.08. The Morgan fingerprint density at radius 2 is 1.56 bits per heavy atom. The molecule has 3 N–H and O–H groups in total. The average molecular weight is 242 g/mol. The lowest BCUT2D eigenvalue weighted by atomic mass is 10.1. The maximum Gasteiger partial charge on any atom is 0.119 e. The number of methoxy groups -OCH3 is 1. The summed E-state index contributed by atoms with van der Waals surface area (Å²) in [5, 5.41) is 3.36. The number of rotatable bonds is 5. The van der Waals surface area contributed by atoms with Gasteiger partial charge in [0.15, 0.2) is 0 Å². The molecule has 0 unspecified atom stereocenters. The van der Waals surface area contributed by atoms with Gasteiger partial charge >= 0.3 is 0 Å². The average Bonchev–Trinajstić information content (AvgIpc) is 2.46. The highest BCUT2D eigenvalue weighted by Crippen LogP contribution is 2.16. The van der Waals surface area contributed by atoms with Crippen molar-refractivity contribution in [1.82, 2.24) is 0 Å². The second-order valence-corrected chi connectivity index (χ2v) is 4.10. The van der Waals surface area contributed by atoms with Crippen LogP contribution in [0.25, 0.3) is 0 Å². The molecule has 0 aromatic heterocycles. The highest BCUT2D eigenvalue weighted by molar-refractivity contribution is 5.46. The molecule has 0 heterocycles. The second kappa shape index (κ2) is 6.07. The molecular weight excluding hydrogens is 224 g/mol. The molecule has 0 bridgehead atoms. The smallest absolute Gasteiger partial charge is 0.119 e. The second-order valence-electron chi connectivity index (χ2n) is 4.10. The van der Waals surface area contributed by atoms with E-state index in [2.05, 4.69) is 29.6 Å². The number of ether oxygens (including phenoxy) is 1. The summed E-state index contributed by atoms with van der Waals surface area (Å²) < 4.78 is 5.12. The number of nitrogens with one attached hydrogen (secondary N) is 1. The van der Waals surface area contributed by atoms with Crippen LogP contribution in [0.4, 0.5) is 5.69 Å². The van der Waals surface area contributed by atoms with Crippen LogP contribution in [0.5, 0.6) is 5.75 Å². The van der Waals surface area contributed by atoms with Gasteiger partial charge in [0.25, 0.3) is 0 Å². The summed E-state index contributed by atoms with van der Waals surface area (Å²) >= 11 is 0. The van der Waals surface area contributed by atoms with E-state index in [9.17, 15) is 0 Å². The maximum atomic E-state index is 5.56. The van der Waals surface area contributed by atoms with Crippen molar-refractivity contribution in [2.45, 2.75) is 13.1 Å². The molecule has 94 valence electrons. The van der Waals surface area contributed by atoms with Crippen molar-refractivity contribution < 1.29 is 4.74 Å². The van der Waals surface area contributed by atoms with Crippen LogP contribution < -0.4 is 15.8 Å². The normalized spacial score (nSPS) is 10.1. The van der Waals surface area contributed by atoms with E-state index in [4.69, 9.17) is 10.5 Å². The van der Waals surface area contributed by atoms with Gasteiger partial charge in [-0.3, -0.25) is 0 Å². The van der Waals surface area contributed by atoms with Crippen molar-refractivity contribution >= 4 is 5.69 Å². The molecule has 18 heavy (non-hydrogen) atoms. The quantitative estimate of drug-likeness (QED) is 0.847. The fourth-order valence-electron chi connectivity index (χ4n) is 1.71. The van der Waals surface area contributed by atoms with E-state index in [0.717, 1.165) is 23.5 Å². The summed E-state index contributed by atoms with van der Waals surface area (Å²) in [5.74, 6) is 0.868. The maximum absolute atomic E-state index is 5.56. The Balaban J connectivity index is 1.93. The Hall–Kier alpha value is -2.00. The third kappa shape index (κ3) is 3.25. The SMILES string of the molecule is COc1ccc(NCc2ccc(CN)cc2)cc1. The summed E-state index contributed by atoms with van der Waals surface area (Å²) in [6.45, 7) is 1.39. The van der Waals surface area contributed by atoms with Crippen molar-refractivity contribution in [2.24, 2.45) is 5.73 Å². The van der Waals surface area contributed by atoms with Crippen LogP contribution in [-0.2, 0) is 13.1 Å². The zero-order valence-corrected chi connectivity index (χ0v) is 10.5. The van der Waals surface area contributed by atoms with Gasteiger partial charge in [-0.2, -0.15) is 0 Å². The number of hydrogen-bond donors (Lipinski definition) is 2. The monoisotopic (exact) mass is 242 g/mol. The van der Waals surface area contributed by atoms with Gasteiger partial charge in [0, 0.05) is 18.8 Å². The van der Waals surface area contributed by atoms with Crippen LogP contribution in [0, 0.1) is 0 Å². The topological polar surface area (TPSA) is 47.3 Å². The van der Waals surface area contributed by atoms with E-state index < -0.39 is 0 Å². The van der Waals surface area contributed by atoms with Crippen LogP contribution in [0.15, 0.2) is 48.5 Å². The lowest BCUT2D eigenvalue weighted by molar-refractivity contribution is 0.415. The van der Waals surface area contributed by atoms with Crippen molar-refractivity contribution in [1.29, 1.82) is 0 Å². The molecule has 0 spiro atoms. The van der Waals surface area contributed by atoms with Gasteiger partial charge < -0.3 is 15.8 Å². The summed E-state index contributed by atoms with van der Waals surface area (Å²) in [5.41, 5.74) is 9.04. The highest BCUT2D eigenvalue weighted by Gasteiger charge is 1.96. The van der Waals surface area contributed by atoms with Gasteiger partial charge in [0.1, 0.15) is 5.75 Å². The molecule has 0 amide bonds. The first-order valence-electron chi connectivity index (χ1n) is 5.97. The van der Waals surface area contributed by atoms with E-state index in [-0.39, 0.29) is 0 Å². The summed E-state index contributed by atoms with van der Waals surface area (Å²) in [6.07, 6.45) is 0. The Labute approximate surface area is 108 Å². The van der Waals surface area contributed by atoms with Crippen LogP contribution in [0.2, 0.25) is 0 Å². The fourth-order valence-corrected chi connectivity index (χ4v) is 1.71. The van der Waals surface area contributed by atoms with Crippen LogP contribution >= 0.6 is 0 Å². The standard InChI is InChI=1S/C15H18N2O/c1-18-15-8-6-14(7-9-15)17-11-13-4-2-12(10-16)3-5-13/h2-9,17H,10-11,16H2,1H3. The molecule has 3 nitrogen and oxygen atoms in total. The first-order chi connectivity index (χ1) is 8.81. The minimum Gasteiger partial charge on any atom is -0.497 e. The van der Waals surface area contributed by atoms with E-state index in [0.29, 0.717) is 6.54 Å².